The van der Waals surface area contributed by atoms with Gasteiger partial charge in [0.15, 0.2) is 0 Å². The van der Waals surface area contributed by atoms with Gasteiger partial charge >= 0.3 is 0 Å². The third-order valence-corrected chi connectivity index (χ3v) is 3.00. The van der Waals surface area contributed by atoms with Gasteiger partial charge in [0.25, 0.3) is 5.91 Å². The maximum Gasteiger partial charge on any atom is 0.273 e. The Hall–Kier alpha value is -2.32. The van der Waals surface area contributed by atoms with Crippen LogP contribution in [0.15, 0.2) is 23.0 Å². The van der Waals surface area contributed by atoms with Crippen LogP contribution in [-0.4, -0.2) is 46.7 Å². The van der Waals surface area contributed by atoms with Crippen molar-refractivity contribution in [3.05, 3.63) is 23.5 Å². The van der Waals surface area contributed by atoms with Crippen LogP contribution in [0.4, 0.5) is 5.69 Å². The van der Waals surface area contributed by atoms with Gasteiger partial charge in [0.2, 0.25) is 0 Å². The number of carbonyl (C=O) groups is 1. The van der Waals surface area contributed by atoms with Crippen molar-refractivity contribution in [3.8, 4) is 0 Å². The molecule has 1 aliphatic heterocycles. The van der Waals surface area contributed by atoms with Gasteiger partial charge in [0, 0.05) is 30.6 Å². The normalized spacial score (nSPS) is 13.7. The highest BCUT2D eigenvalue weighted by molar-refractivity contribution is 6.04. The first kappa shape index (κ1) is 16.1. The highest BCUT2D eigenvalue weighted by Gasteiger charge is 2.22. The van der Waals surface area contributed by atoms with Crippen LogP contribution >= 0.6 is 0 Å². The van der Waals surface area contributed by atoms with Crippen molar-refractivity contribution in [2.75, 3.05) is 19.7 Å². The van der Waals surface area contributed by atoms with Crippen LogP contribution in [-0.2, 0) is 9.63 Å². The molecule has 1 aromatic heterocycles. The van der Waals surface area contributed by atoms with Gasteiger partial charge in [-0.05, 0) is 12.5 Å². The lowest BCUT2D eigenvalue weighted by atomic mass is 10.1. The summed E-state index contributed by atoms with van der Waals surface area (Å²) in [5, 5.41) is 8.91. The molecule has 0 aliphatic carbocycles. The zero-order chi connectivity index (χ0) is 15.9. The molecule has 8 heteroatoms. The van der Waals surface area contributed by atoms with Crippen LogP contribution < -0.4 is 11.5 Å². The average molecular weight is 304 g/mol. The minimum absolute atomic E-state index is 0.238. The van der Waals surface area contributed by atoms with Crippen LogP contribution in [0.5, 0.6) is 0 Å². The molecule has 1 amide bonds. The number of amides is 1. The molecule has 0 saturated carbocycles. The van der Waals surface area contributed by atoms with E-state index in [9.17, 15) is 4.79 Å². The van der Waals surface area contributed by atoms with Crippen LogP contribution in [0.2, 0.25) is 0 Å². The second-order valence-electron chi connectivity index (χ2n) is 4.81. The molecule has 0 atom stereocenters. The van der Waals surface area contributed by atoms with E-state index in [4.69, 9.17) is 16.3 Å². The fourth-order valence-electron chi connectivity index (χ4n) is 2.05. The van der Waals surface area contributed by atoms with Gasteiger partial charge < -0.3 is 11.5 Å². The van der Waals surface area contributed by atoms with Crippen LogP contribution in [0.25, 0.3) is 6.08 Å². The average Bonchev–Trinajstić information content (AvgIpc) is 2.68. The van der Waals surface area contributed by atoms with E-state index < -0.39 is 0 Å². The van der Waals surface area contributed by atoms with Gasteiger partial charge in [0.05, 0.1) is 24.7 Å². The van der Waals surface area contributed by atoms with Crippen molar-refractivity contribution >= 4 is 23.5 Å². The molecule has 4 N–H and O–H groups in total. The molecule has 0 spiro atoms. The Morgan fingerprint density at radius 1 is 1.41 bits per heavy atom. The molecule has 2 heterocycles. The number of amidine groups is 1. The standard InChI is InChI=1S/C14H20N6O2/c1-2-4-20(22-5-3-15)14(21)10-6-11-8-17-18-9-12(11)19-13(16)7-10/h6,8-9H,2-5,7,15H2,1H3,(H2,16,19). The largest absolute Gasteiger partial charge is 0.387 e. The van der Waals surface area contributed by atoms with Gasteiger partial charge in [0.1, 0.15) is 5.84 Å². The zero-order valence-electron chi connectivity index (χ0n) is 12.5. The Labute approximate surface area is 128 Å². The second-order valence-corrected chi connectivity index (χ2v) is 4.81. The van der Waals surface area contributed by atoms with Crippen LogP contribution in [0.3, 0.4) is 0 Å². The van der Waals surface area contributed by atoms with E-state index in [1.165, 1.54) is 11.3 Å². The SMILES string of the molecule is CCCN(OCCN)C(=O)C1=Cc2cnncc2N=C(N)C1. The summed E-state index contributed by atoms with van der Waals surface area (Å²) in [5.74, 6) is 0.111. The third kappa shape index (κ3) is 3.86. The van der Waals surface area contributed by atoms with Gasteiger partial charge in [-0.2, -0.15) is 10.2 Å². The van der Waals surface area contributed by atoms with E-state index in [-0.39, 0.29) is 18.9 Å². The Kier molecular flexibility index (Phi) is 5.56. The lowest BCUT2D eigenvalue weighted by molar-refractivity contribution is -0.181. The second kappa shape index (κ2) is 7.62. The van der Waals surface area contributed by atoms with E-state index >= 15 is 0 Å². The summed E-state index contributed by atoms with van der Waals surface area (Å²) in [6, 6.07) is 0. The number of hydrogen-bond acceptors (Lipinski definition) is 7. The van der Waals surface area contributed by atoms with Gasteiger partial charge in [-0.3, -0.25) is 9.63 Å². The quantitative estimate of drug-likeness (QED) is 0.733. The van der Waals surface area contributed by atoms with E-state index in [0.29, 0.717) is 35.7 Å². The van der Waals surface area contributed by atoms with Crippen molar-refractivity contribution in [2.24, 2.45) is 16.5 Å². The number of fused-ring (bicyclic) bond motifs is 1. The Morgan fingerprint density at radius 3 is 2.91 bits per heavy atom. The van der Waals surface area contributed by atoms with Crippen molar-refractivity contribution in [2.45, 2.75) is 19.8 Å². The molecule has 2 rings (SSSR count). The highest BCUT2D eigenvalue weighted by Crippen LogP contribution is 2.25. The molecular formula is C14H20N6O2. The molecule has 1 aromatic rings. The fraction of sp³-hybridized carbons (Fsp3) is 0.429. The maximum absolute atomic E-state index is 12.6. The first-order valence-electron chi connectivity index (χ1n) is 7.14. The van der Waals surface area contributed by atoms with Crippen molar-refractivity contribution in [1.29, 1.82) is 0 Å². The number of hydroxylamine groups is 2. The minimum atomic E-state index is -0.238. The summed E-state index contributed by atoms with van der Waals surface area (Å²) >= 11 is 0. The molecule has 0 bridgehead atoms. The number of nitrogens with two attached hydrogens (primary N) is 2. The summed E-state index contributed by atoms with van der Waals surface area (Å²) < 4.78 is 0. The van der Waals surface area contributed by atoms with Crippen LogP contribution in [0, 0.1) is 0 Å². The van der Waals surface area contributed by atoms with Crippen molar-refractivity contribution in [1.82, 2.24) is 15.3 Å². The molecule has 8 nitrogen and oxygen atoms in total. The molecule has 0 fully saturated rings. The van der Waals surface area contributed by atoms with Crippen molar-refractivity contribution in [3.63, 3.8) is 0 Å². The molecule has 22 heavy (non-hydrogen) atoms. The Morgan fingerprint density at radius 2 is 2.18 bits per heavy atom. The van der Waals surface area contributed by atoms with Gasteiger partial charge in [-0.15, -0.1) is 0 Å². The fourth-order valence-corrected chi connectivity index (χ4v) is 2.05. The van der Waals surface area contributed by atoms with E-state index in [1.54, 1.807) is 12.3 Å². The first-order chi connectivity index (χ1) is 10.7. The summed E-state index contributed by atoms with van der Waals surface area (Å²) in [6.45, 7) is 3.07. The van der Waals surface area contributed by atoms with E-state index in [2.05, 4.69) is 15.2 Å². The predicted molar refractivity (Wildman–Crippen MR) is 82.9 cm³/mol. The number of aromatic nitrogens is 2. The molecule has 0 aromatic carbocycles. The Balaban J connectivity index is 2.28. The van der Waals surface area contributed by atoms with Gasteiger partial charge in [-0.1, -0.05) is 6.92 Å². The molecular weight excluding hydrogens is 284 g/mol. The summed E-state index contributed by atoms with van der Waals surface area (Å²) in [5.41, 5.74) is 13.1. The van der Waals surface area contributed by atoms with Crippen molar-refractivity contribution < 1.29 is 9.63 Å². The monoisotopic (exact) mass is 304 g/mol. The topological polar surface area (TPSA) is 120 Å². The summed E-state index contributed by atoms with van der Waals surface area (Å²) in [4.78, 5) is 22.3. The summed E-state index contributed by atoms with van der Waals surface area (Å²) in [7, 11) is 0. The number of hydrogen-bond donors (Lipinski definition) is 2. The Bertz CT molecular complexity index is 599. The number of aliphatic imine (C=N–C) groups is 1. The maximum atomic E-state index is 12.6. The highest BCUT2D eigenvalue weighted by atomic mass is 16.7. The first-order valence-corrected chi connectivity index (χ1v) is 7.14. The number of nitrogens with zero attached hydrogens (tertiary/aromatic N) is 4. The third-order valence-electron chi connectivity index (χ3n) is 3.00. The predicted octanol–water partition coefficient (Wildman–Crippen LogP) is 0.381. The molecule has 118 valence electrons. The number of rotatable bonds is 6. The minimum Gasteiger partial charge on any atom is -0.387 e. The summed E-state index contributed by atoms with van der Waals surface area (Å²) in [6.07, 6.45) is 5.82. The van der Waals surface area contributed by atoms with E-state index in [1.807, 2.05) is 6.92 Å². The lowest BCUT2D eigenvalue weighted by Gasteiger charge is -2.22. The number of carbonyl (C=O) groups excluding carboxylic acids is 1. The molecule has 0 unspecified atom stereocenters. The van der Waals surface area contributed by atoms with Gasteiger partial charge in [-0.25, -0.2) is 10.1 Å². The molecule has 0 saturated heterocycles. The lowest BCUT2D eigenvalue weighted by Crippen LogP contribution is -2.35. The zero-order valence-corrected chi connectivity index (χ0v) is 12.5. The molecule has 1 aliphatic rings. The van der Waals surface area contributed by atoms with Crippen LogP contribution in [0.1, 0.15) is 25.3 Å². The smallest absolute Gasteiger partial charge is 0.273 e. The molecule has 0 radical (unpaired) electrons. The van der Waals surface area contributed by atoms with E-state index in [0.717, 1.165) is 6.42 Å².